The second-order valence-corrected chi connectivity index (χ2v) is 5.16. The standard InChI is InChI=1S/C10H13BrCl2N2/c1-2-3-7(12)5-14-10-9(11)4-8(13)6-15-10/h4,6-7H,2-3,5H2,1H3,(H,14,15). The molecule has 0 aliphatic heterocycles. The first kappa shape index (κ1) is 13.1. The molecule has 1 heterocycles. The molecule has 1 atom stereocenters. The third-order valence-corrected chi connectivity index (χ3v) is 3.08. The summed E-state index contributed by atoms with van der Waals surface area (Å²) in [6.45, 7) is 2.83. The minimum absolute atomic E-state index is 0.138. The molecule has 0 radical (unpaired) electrons. The van der Waals surface area contributed by atoms with Crippen LogP contribution in [-0.4, -0.2) is 16.9 Å². The molecular formula is C10H13BrCl2N2. The predicted octanol–water partition coefficient (Wildman–Crippen LogP) is 4.32. The number of alkyl halides is 1. The van der Waals surface area contributed by atoms with Crippen molar-refractivity contribution >= 4 is 44.9 Å². The second-order valence-electron chi connectivity index (χ2n) is 3.25. The third kappa shape index (κ3) is 4.58. The molecule has 84 valence electrons. The van der Waals surface area contributed by atoms with E-state index >= 15 is 0 Å². The Morgan fingerprint density at radius 2 is 2.33 bits per heavy atom. The van der Waals surface area contributed by atoms with Crippen LogP contribution < -0.4 is 5.32 Å². The summed E-state index contributed by atoms with van der Waals surface area (Å²) in [5, 5.41) is 3.93. The SMILES string of the molecule is CCCC(Cl)CNc1ncc(Cl)cc1Br. The van der Waals surface area contributed by atoms with Gasteiger partial charge in [0.1, 0.15) is 5.82 Å². The van der Waals surface area contributed by atoms with Crippen LogP contribution in [0.2, 0.25) is 5.02 Å². The van der Waals surface area contributed by atoms with Gasteiger partial charge >= 0.3 is 0 Å². The van der Waals surface area contributed by atoms with E-state index in [4.69, 9.17) is 23.2 Å². The maximum absolute atomic E-state index is 6.08. The van der Waals surface area contributed by atoms with Crippen LogP contribution in [0, 0.1) is 0 Å². The first-order valence-corrected chi connectivity index (χ1v) is 6.43. The molecule has 1 unspecified atom stereocenters. The van der Waals surface area contributed by atoms with Gasteiger partial charge in [-0.25, -0.2) is 4.98 Å². The van der Waals surface area contributed by atoms with Gasteiger partial charge < -0.3 is 5.32 Å². The van der Waals surface area contributed by atoms with Crippen molar-refractivity contribution in [2.24, 2.45) is 0 Å². The molecule has 1 aromatic heterocycles. The maximum Gasteiger partial charge on any atom is 0.140 e. The van der Waals surface area contributed by atoms with Crippen LogP contribution in [0.3, 0.4) is 0 Å². The zero-order valence-electron chi connectivity index (χ0n) is 8.43. The summed E-state index contributed by atoms with van der Waals surface area (Å²) < 4.78 is 0.857. The fraction of sp³-hybridized carbons (Fsp3) is 0.500. The van der Waals surface area contributed by atoms with E-state index in [1.54, 1.807) is 12.3 Å². The Bertz CT molecular complexity index is 320. The molecular weight excluding hydrogens is 299 g/mol. The van der Waals surface area contributed by atoms with Crippen LogP contribution >= 0.6 is 39.1 Å². The Kier molecular flexibility index (Phi) is 5.72. The summed E-state index contributed by atoms with van der Waals surface area (Å²) in [6.07, 6.45) is 3.70. The first-order chi connectivity index (χ1) is 7.13. The smallest absolute Gasteiger partial charge is 0.140 e. The molecule has 5 heteroatoms. The zero-order valence-corrected chi connectivity index (χ0v) is 11.5. The van der Waals surface area contributed by atoms with Crippen LogP contribution in [0.25, 0.3) is 0 Å². The van der Waals surface area contributed by atoms with Crippen LogP contribution in [0.1, 0.15) is 19.8 Å². The van der Waals surface area contributed by atoms with Gasteiger partial charge in [-0.05, 0) is 28.4 Å². The lowest BCUT2D eigenvalue weighted by Crippen LogP contribution is -2.14. The van der Waals surface area contributed by atoms with Gasteiger partial charge in [-0.3, -0.25) is 0 Å². The number of hydrogen-bond acceptors (Lipinski definition) is 2. The van der Waals surface area contributed by atoms with Crippen molar-refractivity contribution in [3.05, 3.63) is 21.8 Å². The second kappa shape index (κ2) is 6.56. The average Bonchev–Trinajstić information content (AvgIpc) is 2.17. The molecule has 0 bridgehead atoms. The van der Waals surface area contributed by atoms with E-state index in [1.165, 1.54) is 0 Å². The predicted molar refractivity (Wildman–Crippen MR) is 70.0 cm³/mol. The average molecular weight is 312 g/mol. The molecule has 1 rings (SSSR count). The van der Waals surface area contributed by atoms with Gasteiger partial charge in [0.25, 0.3) is 0 Å². The summed E-state index contributed by atoms with van der Waals surface area (Å²) in [7, 11) is 0. The number of nitrogens with one attached hydrogen (secondary N) is 1. The molecule has 0 fully saturated rings. The highest BCUT2D eigenvalue weighted by molar-refractivity contribution is 9.10. The van der Waals surface area contributed by atoms with Gasteiger partial charge in [-0.15, -0.1) is 11.6 Å². The fourth-order valence-electron chi connectivity index (χ4n) is 1.17. The quantitative estimate of drug-likeness (QED) is 0.819. The summed E-state index contributed by atoms with van der Waals surface area (Å²) >= 11 is 15.2. The first-order valence-electron chi connectivity index (χ1n) is 4.82. The number of anilines is 1. The molecule has 0 aliphatic carbocycles. The molecule has 15 heavy (non-hydrogen) atoms. The molecule has 1 aromatic rings. The van der Waals surface area contributed by atoms with Crippen molar-refractivity contribution in [3.63, 3.8) is 0 Å². The van der Waals surface area contributed by atoms with E-state index in [9.17, 15) is 0 Å². The van der Waals surface area contributed by atoms with Gasteiger partial charge in [0.05, 0.1) is 14.9 Å². The minimum Gasteiger partial charge on any atom is -0.368 e. The van der Waals surface area contributed by atoms with Crippen molar-refractivity contribution < 1.29 is 0 Å². The highest BCUT2D eigenvalue weighted by Crippen LogP contribution is 2.23. The van der Waals surface area contributed by atoms with Gasteiger partial charge in [-0.2, -0.15) is 0 Å². The monoisotopic (exact) mass is 310 g/mol. The normalized spacial score (nSPS) is 12.5. The third-order valence-electron chi connectivity index (χ3n) is 1.90. The Morgan fingerprint density at radius 3 is 2.93 bits per heavy atom. The van der Waals surface area contributed by atoms with Crippen molar-refractivity contribution in [2.45, 2.75) is 25.1 Å². The highest BCUT2D eigenvalue weighted by Gasteiger charge is 2.06. The largest absolute Gasteiger partial charge is 0.368 e. The number of aromatic nitrogens is 1. The molecule has 0 spiro atoms. The molecule has 0 aromatic carbocycles. The van der Waals surface area contributed by atoms with Gasteiger partial charge in [0.2, 0.25) is 0 Å². The Balaban J connectivity index is 2.50. The number of rotatable bonds is 5. The van der Waals surface area contributed by atoms with E-state index in [0.717, 1.165) is 23.1 Å². The molecule has 2 nitrogen and oxygen atoms in total. The van der Waals surface area contributed by atoms with E-state index < -0.39 is 0 Å². The van der Waals surface area contributed by atoms with Gasteiger partial charge in [-0.1, -0.05) is 24.9 Å². The van der Waals surface area contributed by atoms with Crippen LogP contribution in [0.5, 0.6) is 0 Å². The molecule has 0 aliphatic rings. The molecule has 0 saturated carbocycles. The van der Waals surface area contributed by atoms with E-state index in [1.807, 2.05) is 0 Å². The summed E-state index contributed by atoms with van der Waals surface area (Å²) in [5.41, 5.74) is 0. The number of pyridine rings is 1. The lowest BCUT2D eigenvalue weighted by atomic mass is 10.2. The Morgan fingerprint density at radius 1 is 1.60 bits per heavy atom. The lowest BCUT2D eigenvalue weighted by Gasteiger charge is -2.11. The van der Waals surface area contributed by atoms with Crippen molar-refractivity contribution in [3.8, 4) is 0 Å². The Labute approximate surface area is 108 Å². The summed E-state index contributed by atoms with van der Waals surface area (Å²) in [4.78, 5) is 4.16. The summed E-state index contributed by atoms with van der Waals surface area (Å²) in [5.74, 6) is 0.779. The number of halogens is 3. The van der Waals surface area contributed by atoms with Gasteiger partial charge in [0, 0.05) is 12.7 Å². The lowest BCUT2D eigenvalue weighted by molar-refractivity contribution is 0.750. The van der Waals surface area contributed by atoms with Crippen LogP contribution in [0.4, 0.5) is 5.82 Å². The zero-order chi connectivity index (χ0) is 11.3. The van der Waals surface area contributed by atoms with E-state index in [2.05, 4.69) is 33.2 Å². The molecule has 0 amide bonds. The molecule has 1 N–H and O–H groups in total. The molecule has 0 saturated heterocycles. The number of nitrogens with zero attached hydrogens (tertiary/aromatic N) is 1. The van der Waals surface area contributed by atoms with Crippen molar-refractivity contribution in [1.82, 2.24) is 4.98 Å². The van der Waals surface area contributed by atoms with Crippen LogP contribution in [-0.2, 0) is 0 Å². The van der Waals surface area contributed by atoms with E-state index in [0.29, 0.717) is 11.6 Å². The number of hydrogen-bond donors (Lipinski definition) is 1. The highest BCUT2D eigenvalue weighted by atomic mass is 79.9. The maximum atomic E-state index is 6.08. The topological polar surface area (TPSA) is 24.9 Å². The Hall–Kier alpha value is 0.01000. The van der Waals surface area contributed by atoms with Crippen molar-refractivity contribution in [2.75, 3.05) is 11.9 Å². The van der Waals surface area contributed by atoms with Gasteiger partial charge in [0.15, 0.2) is 0 Å². The summed E-state index contributed by atoms with van der Waals surface area (Å²) in [6, 6.07) is 1.81. The van der Waals surface area contributed by atoms with Crippen molar-refractivity contribution in [1.29, 1.82) is 0 Å². The fourth-order valence-corrected chi connectivity index (χ4v) is 2.24. The minimum atomic E-state index is 0.138. The van der Waals surface area contributed by atoms with Crippen LogP contribution in [0.15, 0.2) is 16.7 Å². The van der Waals surface area contributed by atoms with E-state index in [-0.39, 0.29) is 5.38 Å².